The van der Waals surface area contributed by atoms with Crippen LogP contribution < -0.4 is 9.54 Å². The molecule has 0 saturated carbocycles. The van der Waals surface area contributed by atoms with Gasteiger partial charge in [0.15, 0.2) is 4.80 Å². The highest BCUT2D eigenvalue weighted by atomic mass is 32.2. The van der Waals surface area contributed by atoms with Gasteiger partial charge >= 0.3 is 0 Å². The first-order valence-electron chi connectivity index (χ1n) is 11.0. The Labute approximate surface area is 199 Å². The lowest BCUT2D eigenvalue weighted by Crippen LogP contribution is -2.37. The van der Waals surface area contributed by atoms with Crippen molar-refractivity contribution in [3.05, 3.63) is 71.4 Å². The summed E-state index contributed by atoms with van der Waals surface area (Å²) in [5.41, 5.74) is 2.75. The Bertz CT molecular complexity index is 1270. The fourth-order valence-corrected chi connectivity index (χ4v) is 6.30. The standard InChI is InChI=1S/C25H29N3O3S2/c1-4-15-28-24(18-32-25(28)26-21-7-9-22(31-3)10-8-21)20-5-11-23(12-6-20)33(29,30)27-16-13-19(2)14-17-27/h4-12,18-19H,1,13-17H2,2-3H3. The molecule has 0 atom stereocenters. The van der Waals surface area contributed by atoms with Gasteiger partial charge in [0.05, 0.1) is 23.4 Å². The van der Waals surface area contributed by atoms with Crippen LogP contribution in [0.25, 0.3) is 11.3 Å². The zero-order valence-electron chi connectivity index (χ0n) is 19.0. The summed E-state index contributed by atoms with van der Waals surface area (Å²) in [7, 11) is -1.82. The van der Waals surface area contributed by atoms with Crippen LogP contribution in [-0.2, 0) is 16.6 Å². The lowest BCUT2D eigenvalue weighted by Gasteiger charge is -2.29. The van der Waals surface area contributed by atoms with Crippen molar-refractivity contribution in [2.45, 2.75) is 31.2 Å². The average molecular weight is 484 g/mol. The maximum Gasteiger partial charge on any atom is 0.243 e. The Hall–Kier alpha value is -2.68. The van der Waals surface area contributed by atoms with Gasteiger partial charge in [0.25, 0.3) is 0 Å². The molecule has 0 N–H and O–H groups in total. The number of aromatic nitrogens is 1. The van der Waals surface area contributed by atoms with E-state index in [9.17, 15) is 8.42 Å². The van der Waals surface area contributed by atoms with E-state index in [1.807, 2.05) is 47.9 Å². The molecule has 1 fully saturated rings. The molecule has 1 aliphatic rings. The molecule has 174 valence electrons. The lowest BCUT2D eigenvalue weighted by atomic mass is 10.0. The van der Waals surface area contributed by atoms with Gasteiger partial charge in [-0.05, 0) is 60.7 Å². The van der Waals surface area contributed by atoms with Gasteiger partial charge in [-0.15, -0.1) is 17.9 Å². The molecule has 0 amide bonds. The molecule has 2 aromatic carbocycles. The molecular formula is C25H29N3O3S2. The molecule has 8 heteroatoms. The van der Waals surface area contributed by atoms with Gasteiger partial charge in [-0.2, -0.15) is 4.31 Å². The van der Waals surface area contributed by atoms with Crippen LogP contribution in [0.2, 0.25) is 0 Å². The highest BCUT2D eigenvalue weighted by Crippen LogP contribution is 2.27. The summed E-state index contributed by atoms with van der Waals surface area (Å²) in [5, 5.41) is 2.04. The molecule has 1 aromatic heterocycles. The third kappa shape index (κ3) is 5.13. The highest BCUT2D eigenvalue weighted by molar-refractivity contribution is 7.89. The van der Waals surface area contributed by atoms with E-state index in [1.165, 1.54) is 11.3 Å². The number of nitrogens with zero attached hydrogens (tertiary/aromatic N) is 3. The van der Waals surface area contributed by atoms with E-state index in [-0.39, 0.29) is 0 Å². The van der Waals surface area contributed by atoms with Crippen molar-refractivity contribution >= 4 is 27.0 Å². The molecule has 1 aliphatic heterocycles. The van der Waals surface area contributed by atoms with Crippen LogP contribution in [0.15, 0.2) is 76.5 Å². The Morgan fingerprint density at radius 3 is 2.39 bits per heavy atom. The molecule has 0 radical (unpaired) electrons. The van der Waals surface area contributed by atoms with Crippen LogP contribution in [0.1, 0.15) is 19.8 Å². The van der Waals surface area contributed by atoms with Gasteiger partial charge in [-0.25, -0.2) is 13.4 Å². The second kappa shape index (κ2) is 10.1. The number of hydrogen-bond donors (Lipinski definition) is 0. The molecule has 0 unspecified atom stereocenters. The van der Waals surface area contributed by atoms with Gasteiger partial charge in [-0.1, -0.05) is 25.1 Å². The van der Waals surface area contributed by atoms with Crippen molar-refractivity contribution in [3.8, 4) is 17.0 Å². The number of benzene rings is 2. The Balaban J connectivity index is 1.64. The number of rotatable bonds is 7. The molecule has 1 saturated heterocycles. The van der Waals surface area contributed by atoms with E-state index in [0.717, 1.165) is 40.3 Å². The quantitative estimate of drug-likeness (QED) is 0.441. The van der Waals surface area contributed by atoms with E-state index >= 15 is 0 Å². The smallest absolute Gasteiger partial charge is 0.243 e. The van der Waals surface area contributed by atoms with Crippen LogP contribution >= 0.6 is 11.3 Å². The molecule has 4 rings (SSSR count). The van der Waals surface area contributed by atoms with E-state index in [1.54, 1.807) is 23.5 Å². The minimum Gasteiger partial charge on any atom is -0.497 e. The molecule has 2 heterocycles. The number of methoxy groups -OCH3 is 1. The zero-order chi connectivity index (χ0) is 23.4. The summed E-state index contributed by atoms with van der Waals surface area (Å²) in [6, 6.07) is 14.8. The topological polar surface area (TPSA) is 63.9 Å². The SMILES string of the molecule is C=CCn1c(-c2ccc(S(=O)(=O)N3CCC(C)CC3)cc2)csc1=Nc1ccc(OC)cc1. The van der Waals surface area contributed by atoms with Crippen LogP contribution in [0.3, 0.4) is 0 Å². The number of allylic oxidation sites excluding steroid dienone is 1. The van der Waals surface area contributed by atoms with Crippen molar-refractivity contribution in [1.29, 1.82) is 0 Å². The van der Waals surface area contributed by atoms with Gasteiger partial charge in [0, 0.05) is 25.0 Å². The van der Waals surface area contributed by atoms with Crippen LogP contribution in [0, 0.1) is 5.92 Å². The summed E-state index contributed by atoms with van der Waals surface area (Å²) in [6.45, 7) is 7.83. The summed E-state index contributed by atoms with van der Waals surface area (Å²) >= 11 is 1.54. The summed E-state index contributed by atoms with van der Waals surface area (Å²) < 4.78 is 35.0. The predicted octanol–water partition coefficient (Wildman–Crippen LogP) is 5.06. The third-order valence-corrected chi connectivity index (χ3v) is 8.71. The largest absolute Gasteiger partial charge is 0.497 e. The molecule has 0 bridgehead atoms. The Morgan fingerprint density at radius 1 is 1.12 bits per heavy atom. The van der Waals surface area contributed by atoms with E-state index in [0.29, 0.717) is 30.4 Å². The maximum atomic E-state index is 13.0. The first kappa shape index (κ1) is 23.5. The van der Waals surface area contributed by atoms with Crippen molar-refractivity contribution in [1.82, 2.24) is 8.87 Å². The Kier molecular flexibility index (Phi) is 7.17. The minimum atomic E-state index is -3.46. The van der Waals surface area contributed by atoms with Crippen LogP contribution in [0.5, 0.6) is 5.75 Å². The summed E-state index contributed by atoms with van der Waals surface area (Å²) in [5.74, 6) is 1.36. The van der Waals surface area contributed by atoms with Crippen LogP contribution in [0.4, 0.5) is 5.69 Å². The average Bonchev–Trinajstić information content (AvgIpc) is 3.22. The summed E-state index contributed by atoms with van der Waals surface area (Å²) in [6.07, 6.45) is 3.65. The zero-order valence-corrected chi connectivity index (χ0v) is 20.6. The maximum absolute atomic E-state index is 13.0. The number of hydrogen-bond acceptors (Lipinski definition) is 5. The normalized spacial score (nSPS) is 16.1. The second-order valence-electron chi connectivity index (χ2n) is 8.22. The van der Waals surface area contributed by atoms with Crippen molar-refractivity contribution < 1.29 is 13.2 Å². The second-order valence-corrected chi connectivity index (χ2v) is 11.0. The molecule has 3 aromatic rings. The molecule has 6 nitrogen and oxygen atoms in total. The van der Waals surface area contributed by atoms with Crippen molar-refractivity contribution in [2.75, 3.05) is 20.2 Å². The van der Waals surface area contributed by atoms with E-state index < -0.39 is 10.0 Å². The highest BCUT2D eigenvalue weighted by Gasteiger charge is 2.28. The monoisotopic (exact) mass is 483 g/mol. The third-order valence-electron chi connectivity index (χ3n) is 5.94. The van der Waals surface area contributed by atoms with Gasteiger partial charge in [-0.3, -0.25) is 0 Å². The van der Waals surface area contributed by atoms with Crippen molar-refractivity contribution in [3.63, 3.8) is 0 Å². The van der Waals surface area contributed by atoms with Gasteiger partial charge < -0.3 is 9.30 Å². The van der Waals surface area contributed by atoms with Gasteiger partial charge in [0.2, 0.25) is 10.0 Å². The minimum absolute atomic E-state index is 0.342. The molecule has 33 heavy (non-hydrogen) atoms. The number of thiazole rings is 1. The Morgan fingerprint density at radius 2 is 1.79 bits per heavy atom. The van der Waals surface area contributed by atoms with Gasteiger partial charge in [0.1, 0.15) is 5.75 Å². The molecule has 0 aliphatic carbocycles. The fraction of sp³-hybridized carbons (Fsp3) is 0.320. The summed E-state index contributed by atoms with van der Waals surface area (Å²) in [4.78, 5) is 5.96. The molecular weight excluding hydrogens is 454 g/mol. The number of ether oxygens (including phenoxy) is 1. The lowest BCUT2D eigenvalue weighted by molar-refractivity contribution is 0.288. The molecule has 0 spiro atoms. The van der Waals surface area contributed by atoms with E-state index in [2.05, 4.69) is 18.1 Å². The number of sulfonamides is 1. The fourth-order valence-electron chi connectivity index (χ4n) is 3.89. The van der Waals surface area contributed by atoms with E-state index in [4.69, 9.17) is 9.73 Å². The number of piperidine rings is 1. The first-order chi connectivity index (χ1) is 15.9. The first-order valence-corrected chi connectivity index (χ1v) is 13.3. The van der Waals surface area contributed by atoms with Crippen molar-refractivity contribution in [2.24, 2.45) is 10.9 Å². The van der Waals surface area contributed by atoms with Crippen LogP contribution in [-0.4, -0.2) is 37.5 Å². The predicted molar refractivity (Wildman–Crippen MR) is 133 cm³/mol.